The number of thiophene rings is 1. The molecule has 1 heterocycles. The van der Waals surface area contributed by atoms with Crippen molar-refractivity contribution in [3.8, 4) is 0 Å². The predicted octanol–water partition coefficient (Wildman–Crippen LogP) is 3.68. The van der Waals surface area contributed by atoms with E-state index in [2.05, 4.69) is 23.7 Å². The Kier molecular flexibility index (Phi) is 3.67. The highest BCUT2D eigenvalue weighted by Crippen LogP contribution is 2.20. The van der Waals surface area contributed by atoms with E-state index in [0.717, 1.165) is 17.8 Å². The molecule has 0 amide bonds. The first-order valence-corrected chi connectivity index (χ1v) is 6.56. The van der Waals surface area contributed by atoms with Gasteiger partial charge in [-0.05, 0) is 54.6 Å². The molecule has 1 aromatic heterocycles. The Morgan fingerprint density at radius 1 is 1.28 bits per heavy atom. The Balaban J connectivity index is 2.11. The molecule has 94 valence electrons. The number of aromatic carboxylic acids is 1. The average molecular weight is 261 g/mol. The summed E-state index contributed by atoms with van der Waals surface area (Å²) in [4.78, 5) is 12.1. The number of nitrogens with one attached hydrogen (secondary N) is 1. The summed E-state index contributed by atoms with van der Waals surface area (Å²) >= 11 is 1.73. The molecule has 2 N–H and O–H groups in total. The lowest BCUT2D eigenvalue weighted by molar-refractivity contribution is 0.0697. The molecule has 0 aliphatic heterocycles. The maximum atomic E-state index is 10.8. The van der Waals surface area contributed by atoms with E-state index in [-0.39, 0.29) is 0 Å². The van der Waals surface area contributed by atoms with Gasteiger partial charge in [-0.15, -0.1) is 11.3 Å². The Morgan fingerprint density at radius 3 is 2.61 bits per heavy atom. The summed E-state index contributed by atoms with van der Waals surface area (Å²) in [5.74, 6) is -0.890. The van der Waals surface area contributed by atoms with Crippen LogP contribution in [0.2, 0.25) is 0 Å². The number of benzene rings is 1. The Labute approximate surface area is 110 Å². The van der Waals surface area contributed by atoms with Gasteiger partial charge in [-0.2, -0.15) is 0 Å². The van der Waals surface area contributed by atoms with Gasteiger partial charge in [0.15, 0.2) is 0 Å². The number of hydrogen-bond acceptors (Lipinski definition) is 3. The lowest BCUT2D eigenvalue weighted by atomic mass is 10.1. The van der Waals surface area contributed by atoms with Crippen LogP contribution in [-0.2, 0) is 6.54 Å². The maximum absolute atomic E-state index is 10.8. The van der Waals surface area contributed by atoms with Crippen LogP contribution in [-0.4, -0.2) is 11.1 Å². The van der Waals surface area contributed by atoms with Crippen LogP contribution in [0.25, 0.3) is 0 Å². The van der Waals surface area contributed by atoms with Crippen LogP contribution in [0.15, 0.2) is 29.6 Å². The fourth-order valence-electron chi connectivity index (χ4n) is 1.76. The average Bonchev–Trinajstić information content (AvgIpc) is 2.73. The lowest BCUT2D eigenvalue weighted by Crippen LogP contribution is -2.02. The van der Waals surface area contributed by atoms with E-state index in [0.29, 0.717) is 5.56 Å². The van der Waals surface area contributed by atoms with E-state index >= 15 is 0 Å². The Morgan fingerprint density at radius 2 is 2.06 bits per heavy atom. The molecule has 0 aliphatic carbocycles. The molecule has 4 heteroatoms. The van der Waals surface area contributed by atoms with Gasteiger partial charge in [0.25, 0.3) is 0 Å². The zero-order valence-corrected chi connectivity index (χ0v) is 11.2. The van der Waals surface area contributed by atoms with Crippen molar-refractivity contribution < 1.29 is 9.90 Å². The molecule has 1 aromatic carbocycles. The second-order valence-electron chi connectivity index (χ2n) is 4.22. The van der Waals surface area contributed by atoms with E-state index in [1.165, 1.54) is 10.4 Å². The minimum atomic E-state index is -0.890. The second-order valence-corrected chi connectivity index (χ2v) is 5.22. The monoisotopic (exact) mass is 261 g/mol. The zero-order valence-electron chi connectivity index (χ0n) is 10.4. The summed E-state index contributed by atoms with van der Waals surface area (Å²) in [6.07, 6.45) is 0. The number of aryl methyl sites for hydroxylation is 2. The number of hydrogen-bond donors (Lipinski definition) is 2. The van der Waals surface area contributed by atoms with Crippen molar-refractivity contribution >= 4 is 23.0 Å². The molecular formula is C14H15NO2S. The van der Waals surface area contributed by atoms with Crippen molar-refractivity contribution in [1.29, 1.82) is 0 Å². The predicted molar refractivity (Wildman–Crippen MR) is 74.5 cm³/mol. The summed E-state index contributed by atoms with van der Waals surface area (Å²) < 4.78 is 0. The van der Waals surface area contributed by atoms with Gasteiger partial charge in [0.05, 0.1) is 5.56 Å². The van der Waals surface area contributed by atoms with Crippen LogP contribution >= 0.6 is 11.3 Å². The van der Waals surface area contributed by atoms with Crippen LogP contribution in [0, 0.1) is 13.8 Å². The second kappa shape index (κ2) is 5.23. The fraction of sp³-hybridized carbons (Fsp3) is 0.214. The third-order valence-electron chi connectivity index (χ3n) is 2.88. The van der Waals surface area contributed by atoms with Crippen molar-refractivity contribution in [3.05, 3.63) is 51.2 Å². The Bertz CT molecular complexity index is 575. The molecule has 2 rings (SSSR count). The van der Waals surface area contributed by atoms with Crippen molar-refractivity contribution in [2.75, 3.05) is 5.32 Å². The van der Waals surface area contributed by atoms with Gasteiger partial charge in [-0.1, -0.05) is 0 Å². The van der Waals surface area contributed by atoms with Crippen molar-refractivity contribution in [3.63, 3.8) is 0 Å². The number of rotatable bonds is 4. The highest BCUT2D eigenvalue weighted by molar-refractivity contribution is 7.10. The SMILES string of the molecule is Cc1cc(C(=O)O)ccc1NCc1sccc1C. The maximum Gasteiger partial charge on any atom is 0.335 e. The molecule has 0 aliphatic rings. The van der Waals surface area contributed by atoms with E-state index in [1.807, 2.05) is 13.0 Å². The first kappa shape index (κ1) is 12.6. The molecule has 2 aromatic rings. The van der Waals surface area contributed by atoms with Gasteiger partial charge in [0.1, 0.15) is 0 Å². The fourth-order valence-corrected chi connectivity index (χ4v) is 2.60. The zero-order chi connectivity index (χ0) is 13.1. The molecule has 0 radical (unpaired) electrons. The Hall–Kier alpha value is -1.81. The summed E-state index contributed by atoms with van der Waals surface area (Å²) in [5.41, 5.74) is 3.54. The van der Waals surface area contributed by atoms with Crippen LogP contribution in [0.4, 0.5) is 5.69 Å². The van der Waals surface area contributed by atoms with E-state index in [9.17, 15) is 4.79 Å². The van der Waals surface area contributed by atoms with Crippen LogP contribution in [0.1, 0.15) is 26.4 Å². The molecule has 18 heavy (non-hydrogen) atoms. The quantitative estimate of drug-likeness (QED) is 0.882. The van der Waals surface area contributed by atoms with E-state index < -0.39 is 5.97 Å². The molecule has 0 unspecified atom stereocenters. The molecule has 0 atom stereocenters. The highest BCUT2D eigenvalue weighted by atomic mass is 32.1. The first-order chi connectivity index (χ1) is 8.58. The number of anilines is 1. The van der Waals surface area contributed by atoms with Crippen LogP contribution < -0.4 is 5.32 Å². The number of carboxylic acids is 1. The molecule has 0 saturated heterocycles. The van der Waals surface area contributed by atoms with Crippen molar-refractivity contribution in [1.82, 2.24) is 0 Å². The van der Waals surface area contributed by atoms with E-state index in [4.69, 9.17) is 5.11 Å². The van der Waals surface area contributed by atoms with Gasteiger partial charge in [-0.3, -0.25) is 0 Å². The third-order valence-corrected chi connectivity index (χ3v) is 3.90. The van der Waals surface area contributed by atoms with Crippen LogP contribution in [0.5, 0.6) is 0 Å². The van der Waals surface area contributed by atoms with Gasteiger partial charge < -0.3 is 10.4 Å². The minimum absolute atomic E-state index is 0.324. The van der Waals surface area contributed by atoms with Crippen molar-refractivity contribution in [2.45, 2.75) is 20.4 Å². The topological polar surface area (TPSA) is 49.3 Å². The summed E-state index contributed by atoms with van der Waals surface area (Å²) in [6.45, 7) is 4.78. The first-order valence-electron chi connectivity index (χ1n) is 5.68. The molecule has 0 spiro atoms. The standard InChI is InChI=1S/C14H15NO2S/c1-9-5-6-18-13(9)8-15-12-4-3-11(14(16)17)7-10(12)2/h3-7,15H,8H2,1-2H3,(H,16,17). The van der Waals surface area contributed by atoms with Gasteiger partial charge >= 0.3 is 5.97 Å². The lowest BCUT2D eigenvalue weighted by Gasteiger charge is -2.09. The third kappa shape index (κ3) is 2.71. The minimum Gasteiger partial charge on any atom is -0.478 e. The van der Waals surface area contributed by atoms with Crippen LogP contribution in [0.3, 0.4) is 0 Å². The highest BCUT2D eigenvalue weighted by Gasteiger charge is 2.06. The summed E-state index contributed by atoms with van der Waals surface area (Å²) in [6, 6.07) is 7.23. The van der Waals surface area contributed by atoms with Gasteiger partial charge in [0.2, 0.25) is 0 Å². The number of carboxylic acid groups (broad SMARTS) is 1. The van der Waals surface area contributed by atoms with Gasteiger partial charge in [0, 0.05) is 17.1 Å². The summed E-state index contributed by atoms with van der Waals surface area (Å²) in [5, 5.41) is 14.3. The molecule has 0 bridgehead atoms. The molecular weight excluding hydrogens is 246 g/mol. The smallest absolute Gasteiger partial charge is 0.335 e. The van der Waals surface area contributed by atoms with Crippen molar-refractivity contribution in [2.24, 2.45) is 0 Å². The molecule has 0 saturated carbocycles. The van der Waals surface area contributed by atoms with E-state index in [1.54, 1.807) is 23.5 Å². The molecule has 3 nitrogen and oxygen atoms in total. The largest absolute Gasteiger partial charge is 0.478 e. The number of carbonyl (C=O) groups is 1. The van der Waals surface area contributed by atoms with Gasteiger partial charge in [-0.25, -0.2) is 4.79 Å². The normalized spacial score (nSPS) is 10.3. The summed E-state index contributed by atoms with van der Waals surface area (Å²) in [7, 11) is 0. The molecule has 0 fully saturated rings.